The summed E-state index contributed by atoms with van der Waals surface area (Å²) < 4.78 is 36.3. The minimum absolute atomic E-state index is 0.115. The molecule has 0 aromatic heterocycles. The third-order valence-corrected chi connectivity index (χ3v) is 18.7. The van der Waals surface area contributed by atoms with Crippen molar-refractivity contribution in [3.05, 3.63) is 24.2 Å². The molecule has 0 amide bonds. The topological polar surface area (TPSA) is 0 Å². The molecular weight excluding hydrogens is 464 g/mol. The number of hydrogen-bond donors (Lipinski definition) is 0. The minimum atomic E-state index is -1.14. The van der Waals surface area contributed by atoms with Crippen LogP contribution in [0.2, 0.25) is 0 Å². The van der Waals surface area contributed by atoms with Crippen LogP contribution in [0.5, 0.6) is 0 Å². The monoisotopic (exact) mass is 476 g/mol. The Morgan fingerprint density at radius 3 is 2.38 bits per heavy atom. The standard InChI is InChI=1S/C7H4S2Se4/c1-2-11-6(10-1)7-12-4-5(13-7)9-3-8-4/h1-2H,3H2/i1D,2D,3D2. The van der Waals surface area contributed by atoms with Crippen LogP contribution in [0.25, 0.3) is 0 Å². The van der Waals surface area contributed by atoms with E-state index in [1.54, 1.807) is 0 Å². The van der Waals surface area contributed by atoms with E-state index in [0.29, 0.717) is 39.8 Å². The van der Waals surface area contributed by atoms with Gasteiger partial charge in [-0.2, -0.15) is 0 Å². The van der Waals surface area contributed by atoms with E-state index in [2.05, 4.69) is 0 Å². The molecule has 0 saturated heterocycles. The molecule has 0 aromatic rings. The van der Waals surface area contributed by atoms with E-state index in [4.69, 9.17) is 5.48 Å². The van der Waals surface area contributed by atoms with Crippen LogP contribution < -0.4 is 0 Å². The van der Waals surface area contributed by atoms with E-state index in [0.717, 1.165) is 0 Å². The number of hydrogen-bond acceptors (Lipinski definition) is 2. The first-order valence-electron chi connectivity index (χ1n) is 5.20. The van der Waals surface area contributed by atoms with Crippen molar-refractivity contribution in [2.45, 2.75) is 0 Å². The Balaban J connectivity index is 1.76. The molecule has 3 rings (SSSR count). The molecule has 0 fully saturated rings. The fourth-order valence-corrected chi connectivity index (χ4v) is 18.5. The van der Waals surface area contributed by atoms with E-state index >= 15 is 0 Å². The molecule has 0 spiro atoms. The van der Waals surface area contributed by atoms with Gasteiger partial charge in [-0.25, -0.2) is 0 Å². The molecule has 3 aliphatic rings. The van der Waals surface area contributed by atoms with Crippen molar-refractivity contribution < 1.29 is 5.48 Å². The molecule has 6 heteroatoms. The van der Waals surface area contributed by atoms with Gasteiger partial charge in [0.05, 0.1) is 0 Å². The van der Waals surface area contributed by atoms with Gasteiger partial charge in [0.2, 0.25) is 0 Å². The summed E-state index contributed by atoms with van der Waals surface area (Å²) in [5, 5.41) is -1.14. The summed E-state index contributed by atoms with van der Waals surface area (Å²) in [4.78, 5) is 1.13. The summed E-state index contributed by atoms with van der Waals surface area (Å²) >= 11 is 3.63. The SMILES string of the molecule is [2H]C1=C([2H])[Se]C(=C2[Se]C3=C(SC([2H])([2H])S3)[Se]2)[Se]1. The second-order valence-corrected chi connectivity index (χ2v) is 15.4. The Morgan fingerprint density at radius 1 is 1.15 bits per heavy atom. The summed E-state index contributed by atoms with van der Waals surface area (Å²) in [7, 11) is 0. The molecule has 0 atom stereocenters. The third kappa shape index (κ3) is 2.10. The molecule has 3 heterocycles. The zero-order chi connectivity index (χ0) is 12.2. The Labute approximate surface area is 117 Å². The fourth-order valence-electron chi connectivity index (χ4n) is 0.816. The molecule has 3 aliphatic heterocycles. The Kier molecular flexibility index (Phi) is 2.29. The molecule has 0 N–H and O–H groups in total. The summed E-state index contributed by atoms with van der Waals surface area (Å²) in [5.74, 6) is 0. The van der Waals surface area contributed by atoms with Crippen LogP contribution in [0.3, 0.4) is 0 Å². The first-order chi connectivity index (χ1) is 7.94. The van der Waals surface area contributed by atoms with Gasteiger partial charge in [-0.05, 0) is 0 Å². The zero-order valence-corrected chi connectivity index (χ0v) is 14.4. The van der Waals surface area contributed by atoms with Gasteiger partial charge in [0.25, 0.3) is 0 Å². The Bertz CT molecular complexity index is 460. The molecule has 13 heavy (non-hydrogen) atoms. The van der Waals surface area contributed by atoms with Crippen molar-refractivity contribution in [2.24, 2.45) is 0 Å². The van der Waals surface area contributed by atoms with Crippen LogP contribution >= 0.6 is 23.5 Å². The Morgan fingerprint density at radius 2 is 1.77 bits per heavy atom. The predicted molar refractivity (Wildman–Crippen MR) is 66.3 cm³/mol. The van der Waals surface area contributed by atoms with E-state index in [1.165, 1.54) is 37.9 Å². The van der Waals surface area contributed by atoms with Gasteiger partial charge in [-0.3, -0.25) is 0 Å². The second-order valence-electron chi connectivity index (χ2n) is 2.05. The molecule has 0 unspecified atom stereocenters. The van der Waals surface area contributed by atoms with Gasteiger partial charge in [-0.1, -0.05) is 0 Å². The molecule has 0 nitrogen and oxygen atoms in total. The van der Waals surface area contributed by atoms with E-state index < -0.39 is 5.04 Å². The molecule has 68 valence electrons. The predicted octanol–water partition coefficient (Wildman–Crippen LogP) is 0.992. The van der Waals surface area contributed by atoms with Crippen molar-refractivity contribution in [1.82, 2.24) is 0 Å². The van der Waals surface area contributed by atoms with Gasteiger partial charge < -0.3 is 0 Å². The molecule has 0 radical (unpaired) electrons. The van der Waals surface area contributed by atoms with Crippen LogP contribution in [0.15, 0.2) is 24.2 Å². The third-order valence-electron chi connectivity index (χ3n) is 1.30. The van der Waals surface area contributed by atoms with Gasteiger partial charge >= 0.3 is 118 Å². The quantitative estimate of drug-likeness (QED) is 0.483. The normalized spacial score (nSPS) is 36.3. The summed E-state index contributed by atoms with van der Waals surface area (Å²) in [6.45, 7) is 0. The number of rotatable bonds is 0. The van der Waals surface area contributed by atoms with Gasteiger partial charge in [0.1, 0.15) is 0 Å². The van der Waals surface area contributed by atoms with Crippen LogP contribution in [0, 0.1) is 0 Å². The average Bonchev–Trinajstić information content (AvgIpc) is 2.78. The van der Waals surface area contributed by atoms with Crippen molar-refractivity contribution >= 4 is 83.4 Å². The molecule has 0 saturated carbocycles. The van der Waals surface area contributed by atoms with Crippen LogP contribution in [-0.2, 0) is 0 Å². The maximum absolute atomic E-state index is 7.72. The molecule has 0 aliphatic carbocycles. The van der Waals surface area contributed by atoms with E-state index in [1.807, 2.05) is 0 Å². The fraction of sp³-hybridized carbons (Fsp3) is 0.143. The van der Waals surface area contributed by atoms with Gasteiger partial charge in [-0.15, -0.1) is 0 Å². The Hall–Kier alpha value is 2.00. The second kappa shape index (κ2) is 4.47. The average molecular weight is 472 g/mol. The maximum atomic E-state index is 7.72. The summed E-state index contributed by atoms with van der Waals surface area (Å²) in [6, 6.07) is 0. The van der Waals surface area contributed by atoms with Crippen molar-refractivity contribution in [2.75, 3.05) is 5.04 Å². The van der Waals surface area contributed by atoms with E-state index in [9.17, 15) is 0 Å². The van der Waals surface area contributed by atoms with Crippen LogP contribution in [-0.4, -0.2) is 64.9 Å². The van der Waals surface area contributed by atoms with Crippen molar-refractivity contribution in [3.8, 4) is 0 Å². The van der Waals surface area contributed by atoms with Gasteiger partial charge in [0.15, 0.2) is 0 Å². The molecular formula is C7H4S2Se4. The van der Waals surface area contributed by atoms with Crippen LogP contribution in [0.4, 0.5) is 0 Å². The summed E-state index contributed by atoms with van der Waals surface area (Å²) in [5.41, 5.74) is 0. The zero-order valence-electron chi connectivity index (χ0n) is 9.95. The van der Waals surface area contributed by atoms with Crippen molar-refractivity contribution in [3.63, 3.8) is 0 Å². The van der Waals surface area contributed by atoms with Crippen LogP contribution in [0.1, 0.15) is 5.48 Å². The first-order valence-corrected chi connectivity index (χ1v) is 11.7. The van der Waals surface area contributed by atoms with Gasteiger partial charge in [0, 0.05) is 0 Å². The van der Waals surface area contributed by atoms with E-state index in [-0.39, 0.29) is 29.9 Å². The number of thioether (sulfide) groups is 2. The van der Waals surface area contributed by atoms with Crippen molar-refractivity contribution in [1.29, 1.82) is 0 Å². The molecule has 0 bridgehead atoms. The first kappa shape index (κ1) is 6.67. The molecule has 0 aromatic carbocycles. The summed E-state index contributed by atoms with van der Waals surface area (Å²) in [6.07, 6.45) is 0.